The van der Waals surface area contributed by atoms with E-state index in [-0.39, 0.29) is 16.4 Å². The summed E-state index contributed by atoms with van der Waals surface area (Å²) in [5.41, 5.74) is 0.534. The van der Waals surface area contributed by atoms with E-state index in [0.717, 1.165) is 12.1 Å². The van der Waals surface area contributed by atoms with Crippen molar-refractivity contribution in [1.29, 1.82) is 5.26 Å². The van der Waals surface area contributed by atoms with Gasteiger partial charge in [-0.05, 0) is 30.3 Å². The Balaban J connectivity index is 2.18. The van der Waals surface area contributed by atoms with Crippen LogP contribution in [0.2, 0.25) is 5.02 Å². The minimum atomic E-state index is -0.516. The minimum Gasteiger partial charge on any atom is -0.307 e. The van der Waals surface area contributed by atoms with Crippen LogP contribution in [0.15, 0.2) is 36.5 Å². The molecule has 0 unspecified atom stereocenters. The Labute approximate surface area is 113 Å². The van der Waals surface area contributed by atoms with Crippen molar-refractivity contribution in [2.45, 2.75) is 0 Å². The highest BCUT2D eigenvalue weighted by molar-refractivity contribution is 6.34. The highest BCUT2D eigenvalue weighted by atomic mass is 35.5. The molecule has 4 nitrogen and oxygen atoms in total. The predicted octanol–water partition coefficient (Wildman–Crippen LogP) is 3.00. The van der Waals surface area contributed by atoms with Crippen LogP contribution in [0, 0.1) is 17.1 Å². The fourth-order valence-corrected chi connectivity index (χ4v) is 1.64. The molecule has 0 saturated heterocycles. The van der Waals surface area contributed by atoms with E-state index in [1.165, 1.54) is 24.4 Å². The molecule has 1 N–H and O–H groups in total. The van der Waals surface area contributed by atoms with Gasteiger partial charge >= 0.3 is 0 Å². The number of nitrogens with one attached hydrogen (secondary N) is 1. The van der Waals surface area contributed by atoms with Gasteiger partial charge in [0.2, 0.25) is 0 Å². The lowest BCUT2D eigenvalue weighted by atomic mass is 10.2. The molecule has 6 heteroatoms. The highest BCUT2D eigenvalue weighted by Gasteiger charge is 2.11. The van der Waals surface area contributed by atoms with Crippen LogP contribution in [0.5, 0.6) is 0 Å². The molecule has 0 atom stereocenters. The molecular formula is C13H7ClFN3O. The number of hydrogen-bond donors (Lipinski definition) is 1. The zero-order valence-corrected chi connectivity index (χ0v) is 10.3. The normalized spacial score (nSPS) is 9.74. The SMILES string of the molecule is N#Cc1ccc(NC(=O)c2ccc(F)cc2Cl)nc1. The molecular weight excluding hydrogens is 269 g/mol. The first-order valence-electron chi connectivity index (χ1n) is 5.22. The molecule has 1 heterocycles. The van der Waals surface area contributed by atoms with Crippen molar-refractivity contribution < 1.29 is 9.18 Å². The van der Waals surface area contributed by atoms with Gasteiger partial charge in [-0.3, -0.25) is 4.79 Å². The van der Waals surface area contributed by atoms with Crippen molar-refractivity contribution in [2.24, 2.45) is 0 Å². The van der Waals surface area contributed by atoms with Crippen molar-refractivity contribution in [3.8, 4) is 6.07 Å². The lowest BCUT2D eigenvalue weighted by molar-refractivity contribution is 0.102. The number of carbonyl (C=O) groups excluding carboxylic acids is 1. The molecule has 94 valence electrons. The van der Waals surface area contributed by atoms with Gasteiger partial charge < -0.3 is 5.32 Å². The van der Waals surface area contributed by atoms with Crippen LogP contribution in [-0.4, -0.2) is 10.9 Å². The van der Waals surface area contributed by atoms with Crippen LogP contribution in [-0.2, 0) is 0 Å². The first-order valence-corrected chi connectivity index (χ1v) is 5.60. The molecule has 0 aliphatic carbocycles. The number of nitrogens with zero attached hydrogens (tertiary/aromatic N) is 2. The lowest BCUT2D eigenvalue weighted by Crippen LogP contribution is -2.13. The third kappa shape index (κ3) is 3.06. The maximum atomic E-state index is 12.9. The second-order valence-electron chi connectivity index (χ2n) is 3.62. The second-order valence-corrected chi connectivity index (χ2v) is 4.03. The molecule has 0 aliphatic heterocycles. The molecule has 19 heavy (non-hydrogen) atoms. The van der Waals surface area contributed by atoms with Crippen LogP contribution in [0.3, 0.4) is 0 Å². The molecule has 0 aliphatic rings. The van der Waals surface area contributed by atoms with E-state index in [2.05, 4.69) is 10.3 Å². The van der Waals surface area contributed by atoms with E-state index in [0.29, 0.717) is 5.56 Å². The second kappa shape index (κ2) is 5.46. The van der Waals surface area contributed by atoms with Gasteiger partial charge in [0.25, 0.3) is 5.91 Å². The zero-order chi connectivity index (χ0) is 13.8. The van der Waals surface area contributed by atoms with Crippen LogP contribution >= 0.6 is 11.6 Å². The smallest absolute Gasteiger partial charge is 0.258 e. The van der Waals surface area contributed by atoms with E-state index in [4.69, 9.17) is 16.9 Å². The molecule has 1 aromatic heterocycles. The van der Waals surface area contributed by atoms with Gasteiger partial charge in [0.1, 0.15) is 17.7 Å². The number of carbonyl (C=O) groups is 1. The summed E-state index contributed by atoms with van der Waals surface area (Å²) in [5, 5.41) is 11.1. The molecule has 0 fully saturated rings. The summed E-state index contributed by atoms with van der Waals surface area (Å²) in [6.45, 7) is 0. The third-order valence-electron chi connectivity index (χ3n) is 2.31. The standard InChI is InChI=1S/C13H7ClFN3O/c14-11-5-9(15)2-3-10(11)13(19)18-12-4-1-8(6-16)7-17-12/h1-5,7H,(H,17,18,19). The van der Waals surface area contributed by atoms with E-state index in [1.807, 2.05) is 6.07 Å². The molecule has 2 rings (SSSR count). The number of nitriles is 1. The Bertz CT molecular complexity index is 665. The summed E-state index contributed by atoms with van der Waals surface area (Å²) in [6, 6.07) is 8.43. The lowest BCUT2D eigenvalue weighted by Gasteiger charge is -2.05. The average Bonchev–Trinajstić information content (AvgIpc) is 2.39. The summed E-state index contributed by atoms with van der Waals surface area (Å²) in [7, 11) is 0. The molecule has 0 radical (unpaired) electrons. The largest absolute Gasteiger partial charge is 0.307 e. The Morgan fingerprint density at radius 2 is 2.16 bits per heavy atom. The van der Waals surface area contributed by atoms with Gasteiger partial charge in [-0.25, -0.2) is 9.37 Å². The quantitative estimate of drug-likeness (QED) is 0.916. The number of halogens is 2. The van der Waals surface area contributed by atoms with Gasteiger partial charge in [0.15, 0.2) is 0 Å². The molecule has 0 bridgehead atoms. The topological polar surface area (TPSA) is 65.8 Å². The molecule has 1 aromatic carbocycles. The van der Waals surface area contributed by atoms with Crippen LogP contribution in [0.25, 0.3) is 0 Å². The van der Waals surface area contributed by atoms with Crippen molar-refractivity contribution in [3.05, 3.63) is 58.5 Å². The van der Waals surface area contributed by atoms with Gasteiger partial charge in [-0.2, -0.15) is 5.26 Å². The molecule has 0 spiro atoms. The number of aromatic nitrogens is 1. The van der Waals surface area contributed by atoms with E-state index in [1.54, 1.807) is 0 Å². The summed E-state index contributed by atoms with van der Waals surface area (Å²) >= 11 is 5.77. The highest BCUT2D eigenvalue weighted by Crippen LogP contribution is 2.18. The third-order valence-corrected chi connectivity index (χ3v) is 2.62. The van der Waals surface area contributed by atoms with Crippen LogP contribution in [0.1, 0.15) is 15.9 Å². The van der Waals surface area contributed by atoms with Gasteiger partial charge in [-0.15, -0.1) is 0 Å². The van der Waals surface area contributed by atoms with Gasteiger partial charge in [0, 0.05) is 6.20 Å². The molecule has 2 aromatic rings. The summed E-state index contributed by atoms with van der Waals surface area (Å²) < 4.78 is 12.9. The number of hydrogen-bond acceptors (Lipinski definition) is 3. The Morgan fingerprint density at radius 1 is 1.37 bits per heavy atom. The Kier molecular flexibility index (Phi) is 3.74. The van der Waals surface area contributed by atoms with Gasteiger partial charge in [0.05, 0.1) is 16.1 Å². The first kappa shape index (κ1) is 13.0. The van der Waals surface area contributed by atoms with E-state index >= 15 is 0 Å². The minimum absolute atomic E-state index is 0.0196. The maximum absolute atomic E-state index is 12.9. The Morgan fingerprint density at radius 3 is 2.74 bits per heavy atom. The molecule has 0 saturated carbocycles. The van der Waals surface area contributed by atoms with Crippen LogP contribution in [0.4, 0.5) is 10.2 Å². The number of pyridine rings is 1. The van der Waals surface area contributed by atoms with Crippen molar-refractivity contribution in [2.75, 3.05) is 5.32 Å². The van der Waals surface area contributed by atoms with E-state index in [9.17, 15) is 9.18 Å². The first-order chi connectivity index (χ1) is 9.10. The Hall–Kier alpha value is -2.45. The monoisotopic (exact) mass is 275 g/mol. The summed E-state index contributed by atoms with van der Waals surface area (Å²) in [5.74, 6) is -0.732. The van der Waals surface area contributed by atoms with Crippen molar-refractivity contribution in [3.63, 3.8) is 0 Å². The fourth-order valence-electron chi connectivity index (χ4n) is 1.39. The fraction of sp³-hybridized carbons (Fsp3) is 0. The number of benzene rings is 1. The average molecular weight is 276 g/mol. The van der Waals surface area contributed by atoms with Crippen molar-refractivity contribution >= 4 is 23.3 Å². The van der Waals surface area contributed by atoms with E-state index < -0.39 is 11.7 Å². The number of amides is 1. The number of anilines is 1. The zero-order valence-electron chi connectivity index (χ0n) is 9.52. The summed E-state index contributed by atoms with van der Waals surface area (Å²) in [6.07, 6.45) is 1.34. The number of rotatable bonds is 2. The predicted molar refractivity (Wildman–Crippen MR) is 68.3 cm³/mol. The van der Waals surface area contributed by atoms with Gasteiger partial charge in [-0.1, -0.05) is 11.6 Å². The molecule has 1 amide bonds. The van der Waals surface area contributed by atoms with Crippen LogP contribution < -0.4 is 5.32 Å². The maximum Gasteiger partial charge on any atom is 0.258 e. The summed E-state index contributed by atoms with van der Waals surface area (Å²) in [4.78, 5) is 15.8. The van der Waals surface area contributed by atoms with Crippen molar-refractivity contribution in [1.82, 2.24) is 4.98 Å².